The molecule has 0 aromatic carbocycles. The molecule has 4 saturated carbocycles. The van der Waals surface area contributed by atoms with Crippen molar-refractivity contribution in [1.82, 2.24) is 0 Å². The van der Waals surface area contributed by atoms with Crippen LogP contribution in [0.25, 0.3) is 0 Å². The predicted molar refractivity (Wildman–Crippen MR) is 124 cm³/mol. The second-order valence-corrected chi connectivity index (χ2v) is 12.1. The molecule has 5 fully saturated rings. The van der Waals surface area contributed by atoms with Gasteiger partial charge in [0.05, 0.1) is 13.2 Å². The molecule has 1 heterocycles. The maximum atomic E-state index is 12.4. The summed E-state index contributed by atoms with van der Waals surface area (Å²) >= 11 is 0. The van der Waals surface area contributed by atoms with E-state index in [1.165, 1.54) is 20.8 Å². The van der Waals surface area contributed by atoms with Crippen LogP contribution in [0.3, 0.4) is 0 Å². The Morgan fingerprint density at radius 3 is 2.09 bits per heavy atom. The number of ether oxygens (including phenoxy) is 5. The van der Waals surface area contributed by atoms with Crippen molar-refractivity contribution in [3.63, 3.8) is 0 Å². The summed E-state index contributed by atoms with van der Waals surface area (Å²) in [7, 11) is 0. The Labute approximate surface area is 207 Å². The monoisotopic (exact) mass is 492 g/mol. The number of fused-ring (bicyclic) bond motifs is 5. The summed E-state index contributed by atoms with van der Waals surface area (Å²) < 4.78 is 30.4. The van der Waals surface area contributed by atoms with E-state index in [2.05, 4.69) is 13.8 Å². The summed E-state index contributed by atoms with van der Waals surface area (Å²) in [6.45, 7) is 9.93. The highest BCUT2D eigenvalue weighted by atomic mass is 16.7. The lowest BCUT2D eigenvalue weighted by molar-refractivity contribution is -0.281. The highest BCUT2D eigenvalue weighted by Crippen LogP contribution is 2.68. The summed E-state index contributed by atoms with van der Waals surface area (Å²) in [6.07, 6.45) is 4.60. The normalized spacial score (nSPS) is 45.7. The molecule has 0 aromatic heterocycles. The van der Waals surface area contributed by atoms with Gasteiger partial charge in [0, 0.05) is 50.9 Å². The minimum atomic E-state index is -0.641. The number of hydrogen-bond donors (Lipinski definition) is 0. The van der Waals surface area contributed by atoms with Gasteiger partial charge in [-0.15, -0.1) is 0 Å². The SMILES string of the molecule is CC(=O)O[C@H]1[C@@H]2[C@H](C[C@H](OC(C)=O)[C@H]3CC4(CC[C@]23C)OCCO4)[C@H]2CCC[C@@]2(C)[C@@H]1OC(C)=O. The van der Waals surface area contributed by atoms with E-state index in [1.54, 1.807) is 0 Å². The first-order chi connectivity index (χ1) is 16.5. The molecule has 0 aromatic rings. The van der Waals surface area contributed by atoms with Crippen molar-refractivity contribution in [2.24, 2.45) is 34.5 Å². The number of carbonyl (C=O) groups excluding carboxylic acids is 3. The Morgan fingerprint density at radius 1 is 0.800 bits per heavy atom. The Morgan fingerprint density at radius 2 is 1.46 bits per heavy atom. The van der Waals surface area contributed by atoms with Gasteiger partial charge >= 0.3 is 17.9 Å². The van der Waals surface area contributed by atoms with E-state index in [0.29, 0.717) is 32.0 Å². The van der Waals surface area contributed by atoms with Crippen molar-refractivity contribution in [2.45, 2.75) is 104 Å². The molecule has 9 atom stereocenters. The van der Waals surface area contributed by atoms with Crippen LogP contribution in [0, 0.1) is 34.5 Å². The Kier molecular flexibility index (Phi) is 6.23. The van der Waals surface area contributed by atoms with E-state index >= 15 is 0 Å². The van der Waals surface area contributed by atoms with Gasteiger partial charge in [0.25, 0.3) is 0 Å². The zero-order valence-electron chi connectivity index (χ0n) is 21.7. The second-order valence-electron chi connectivity index (χ2n) is 12.1. The van der Waals surface area contributed by atoms with Crippen LogP contribution in [0.2, 0.25) is 0 Å². The van der Waals surface area contributed by atoms with Crippen molar-refractivity contribution in [3.05, 3.63) is 0 Å². The fourth-order valence-electron chi connectivity index (χ4n) is 9.03. The molecule has 0 amide bonds. The first-order valence-electron chi connectivity index (χ1n) is 13.3. The second kappa shape index (κ2) is 8.72. The van der Waals surface area contributed by atoms with E-state index < -0.39 is 18.0 Å². The molecule has 0 bridgehead atoms. The standard InChI is InChI=1S/C27H40O8/c1-15(28)33-21-13-18-19-7-6-8-26(19,5)24(35-17(3)30)23(34-16(2)29)22(18)25(4)9-10-27(14-20(21)25)31-11-12-32-27/h18-24H,6-14H2,1-5H3/t18-,19-,20-,21+,22+,23+,24-,25+,26-/m1/s1. The molecule has 8 heteroatoms. The third-order valence-corrected chi connectivity index (χ3v) is 10.2. The van der Waals surface area contributed by atoms with Gasteiger partial charge < -0.3 is 23.7 Å². The fourth-order valence-corrected chi connectivity index (χ4v) is 9.03. The van der Waals surface area contributed by atoms with Crippen molar-refractivity contribution in [3.8, 4) is 0 Å². The van der Waals surface area contributed by atoms with Crippen molar-refractivity contribution < 1.29 is 38.1 Å². The fraction of sp³-hybridized carbons (Fsp3) is 0.889. The third kappa shape index (κ3) is 3.99. The van der Waals surface area contributed by atoms with Crippen molar-refractivity contribution >= 4 is 17.9 Å². The largest absolute Gasteiger partial charge is 0.462 e. The summed E-state index contributed by atoms with van der Waals surface area (Å²) in [6, 6.07) is 0. The van der Waals surface area contributed by atoms with Crippen LogP contribution in [0.4, 0.5) is 0 Å². The maximum absolute atomic E-state index is 12.4. The third-order valence-electron chi connectivity index (χ3n) is 10.2. The molecule has 0 unspecified atom stereocenters. The number of hydrogen-bond acceptors (Lipinski definition) is 8. The van der Waals surface area contributed by atoms with Gasteiger partial charge in [-0.05, 0) is 42.9 Å². The topological polar surface area (TPSA) is 97.4 Å². The molecule has 8 nitrogen and oxygen atoms in total. The van der Waals surface area contributed by atoms with Crippen LogP contribution in [0.15, 0.2) is 0 Å². The zero-order valence-corrected chi connectivity index (χ0v) is 21.7. The average Bonchev–Trinajstić information content (AvgIpc) is 3.38. The van der Waals surface area contributed by atoms with Crippen LogP contribution >= 0.6 is 0 Å². The van der Waals surface area contributed by atoms with Gasteiger partial charge in [-0.2, -0.15) is 0 Å². The van der Waals surface area contributed by atoms with Crippen LogP contribution in [0.5, 0.6) is 0 Å². The molecule has 5 rings (SSSR count). The van der Waals surface area contributed by atoms with E-state index in [9.17, 15) is 14.4 Å². The smallest absolute Gasteiger partial charge is 0.303 e. The van der Waals surface area contributed by atoms with Crippen molar-refractivity contribution in [2.75, 3.05) is 13.2 Å². The molecule has 0 N–H and O–H groups in total. The van der Waals surface area contributed by atoms with Gasteiger partial charge in [0.2, 0.25) is 0 Å². The molecule has 1 aliphatic heterocycles. The summed E-state index contributed by atoms with van der Waals surface area (Å²) in [5, 5.41) is 0. The Hall–Kier alpha value is -1.67. The van der Waals surface area contributed by atoms with E-state index in [0.717, 1.165) is 32.1 Å². The van der Waals surface area contributed by atoms with Gasteiger partial charge in [0.15, 0.2) is 5.79 Å². The van der Waals surface area contributed by atoms with E-state index in [4.69, 9.17) is 23.7 Å². The van der Waals surface area contributed by atoms with E-state index in [1.807, 2.05) is 0 Å². The van der Waals surface area contributed by atoms with Gasteiger partial charge in [0.1, 0.15) is 18.3 Å². The van der Waals surface area contributed by atoms with Crippen LogP contribution in [-0.4, -0.2) is 55.2 Å². The summed E-state index contributed by atoms with van der Waals surface area (Å²) in [4.78, 5) is 36.9. The minimum Gasteiger partial charge on any atom is -0.462 e. The first kappa shape index (κ1) is 25.0. The first-order valence-corrected chi connectivity index (χ1v) is 13.3. The molecule has 4 aliphatic carbocycles. The summed E-state index contributed by atoms with van der Waals surface area (Å²) in [5.74, 6) is -1.14. The zero-order chi connectivity index (χ0) is 25.2. The van der Waals surface area contributed by atoms with Crippen LogP contribution < -0.4 is 0 Å². The molecule has 5 aliphatic rings. The number of rotatable bonds is 3. The molecule has 1 spiro atoms. The summed E-state index contributed by atoms with van der Waals surface area (Å²) in [5.41, 5.74) is -0.587. The van der Waals surface area contributed by atoms with E-state index in [-0.39, 0.29) is 52.6 Å². The molecule has 196 valence electrons. The lowest BCUT2D eigenvalue weighted by atomic mass is 9.43. The maximum Gasteiger partial charge on any atom is 0.303 e. The average molecular weight is 493 g/mol. The Balaban J connectivity index is 1.60. The Bertz CT molecular complexity index is 880. The molecule has 0 radical (unpaired) electrons. The molecule has 1 saturated heterocycles. The number of carbonyl (C=O) groups is 3. The van der Waals surface area contributed by atoms with Gasteiger partial charge in [-0.1, -0.05) is 20.3 Å². The molecular formula is C27H40O8. The highest BCUT2D eigenvalue weighted by molar-refractivity contribution is 5.68. The van der Waals surface area contributed by atoms with Crippen molar-refractivity contribution in [1.29, 1.82) is 0 Å². The van der Waals surface area contributed by atoms with Crippen LogP contribution in [-0.2, 0) is 38.1 Å². The number of esters is 3. The lowest BCUT2D eigenvalue weighted by Gasteiger charge is -2.65. The van der Waals surface area contributed by atoms with Gasteiger partial charge in [-0.25, -0.2) is 0 Å². The molecule has 35 heavy (non-hydrogen) atoms. The van der Waals surface area contributed by atoms with Crippen LogP contribution in [0.1, 0.15) is 79.6 Å². The minimum absolute atomic E-state index is 0.0116. The molecular weight excluding hydrogens is 452 g/mol. The van der Waals surface area contributed by atoms with Gasteiger partial charge in [-0.3, -0.25) is 14.4 Å². The quantitative estimate of drug-likeness (QED) is 0.434. The lowest BCUT2D eigenvalue weighted by Crippen LogP contribution is -2.68. The predicted octanol–water partition coefficient (Wildman–Crippen LogP) is 3.79. The highest BCUT2D eigenvalue weighted by Gasteiger charge is 2.70.